The molecule has 1 aliphatic rings. The van der Waals surface area contributed by atoms with E-state index in [1.54, 1.807) is 0 Å². The fourth-order valence-electron chi connectivity index (χ4n) is 3.04. The summed E-state index contributed by atoms with van der Waals surface area (Å²) in [5.74, 6) is 2.69. The van der Waals surface area contributed by atoms with E-state index >= 15 is 0 Å². The zero-order valence-electron chi connectivity index (χ0n) is 11.4. The van der Waals surface area contributed by atoms with Gasteiger partial charge in [-0.15, -0.1) is 0 Å². The van der Waals surface area contributed by atoms with E-state index in [4.69, 9.17) is 4.74 Å². The molecule has 2 nitrogen and oxygen atoms in total. The smallest absolute Gasteiger partial charge is 0.119 e. The van der Waals surface area contributed by atoms with Gasteiger partial charge in [0.15, 0.2) is 0 Å². The van der Waals surface area contributed by atoms with Crippen LogP contribution in [0.3, 0.4) is 0 Å². The van der Waals surface area contributed by atoms with Crippen molar-refractivity contribution < 1.29 is 4.74 Å². The SMILES string of the molecule is CNCC(CCOc1ccccc1)C1CCCC1. The minimum atomic E-state index is 0.779. The highest BCUT2D eigenvalue weighted by Gasteiger charge is 2.24. The highest BCUT2D eigenvalue weighted by atomic mass is 16.5. The monoisotopic (exact) mass is 247 g/mol. The number of rotatable bonds is 7. The largest absolute Gasteiger partial charge is 0.494 e. The van der Waals surface area contributed by atoms with E-state index in [9.17, 15) is 0 Å². The van der Waals surface area contributed by atoms with E-state index in [1.165, 1.54) is 32.1 Å². The highest BCUT2D eigenvalue weighted by molar-refractivity contribution is 5.20. The first kappa shape index (κ1) is 13.4. The lowest BCUT2D eigenvalue weighted by molar-refractivity contribution is 0.232. The summed E-state index contributed by atoms with van der Waals surface area (Å²) in [6.45, 7) is 1.97. The van der Waals surface area contributed by atoms with E-state index in [-0.39, 0.29) is 0 Å². The first-order chi connectivity index (χ1) is 8.90. The molecule has 1 N–H and O–H groups in total. The van der Waals surface area contributed by atoms with Crippen LogP contribution in [0, 0.1) is 11.8 Å². The van der Waals surface area contributed by atoms with Crippen LogP contribution in [0.1, 0.15) is 32.1 Å². The molecule has 1 saturated carbocycles. The number of nitrogens with one attached hydrogen (secondary N) is 1. The fourth-order valence-corrected chi connectivity index (χ4v) is 3.04. The standard InChI is InChI=1S/C16H25NO/c1-17-13-15(14-7-5-6-8-14)11-12-18-16-9-3-2-4-10-16/h2-4,9-10,14-15,17H,5-8,11-13H2,1H3. The lowest BCUT2D eigenvalue weighted by Crippen LogP contribution is -2.26. The summed E-state index contributed by atoms with van der Waals surface area (Å²) < 4.78 is 5.81. The van der Waals surface area contributed by atoms with Gasteiger partial charge >= 0.3 is 0 Å². The molecule has 1 atom stereocenters. The number of hydrogen-bond donors (Lipinski definition) is 1. The molecular formula is C16H25NO. The van der Waals surface area contributed by atoms with Gasteiger partial charge in [0.1, 0.15) is 5.75 Å². The lowest BCUT2D eigenvalue weighted by Gasteiger charge is -2.23. The van der Waals surface area contributed by atoms with Gasteiger partial charge in [-0.25, -0.2) is 0 Å². The molecule has 1 aromatic rings. The second-order valence-electron chi connectivity index (χ2n) is 5.31. The number of benzene rings is 1. The topological polar surface area (TPSA) is 21.3 Å². The Kier molecular flexibility index (Phi) is 5.53. The minimum absolute atomic E-state index is 0.779. The van der Waals surface area contributed by atoms with Crippen molar-refractivity contribution in [2.45, 2.75) is 32.1 Å². The molecule has 0 amide bonds. The molecular weight excluding hydrogens is 222 g/mol. The van der Waals surface area contributed by atoms with Crippen LogP contribution in [0.2, 0.25) is 0 Å². The predicted octanol–water partition coefficient (Wildman–Crippen LogP) is 3.48. The van der Waals surface area contributed by atoms with Crippen LogP contribution in [-0.2, 0) is 0 Å². The van der Waals surface area contributed by atoms with Crippen LogP contribution in [0.15, 0.2) is 30.3 Å². The predicted molar refractivity (Wildman–Crippen MR) is 75.9 cm³/mol. The Bertz CT molecular complexity index is 319. The van der Waals surface area contributed by atoms with Crippen LogP contribution in [0.25, 0.3) is 0 Å². The molecule has 0 saturated heterocycles. The van der Waals surface area contributed by atoms with Crippen molar-refractivity contribution in [2.24, 2.45) is 11.8 Å². The first-order valence-corrected chi connectivity index (χ1v) is 7.22. The van der Waals surface area contributed by atoms with Crippen molar-refractivity contribution >= 4 is 0 Å². The summed E-state index contributed by atoms with van der Waals surface area (Å²) in [6, 6.07) is 10.1. The van der Waals surface area contributed by atoms with Gasteiger partial charge in [-0.1, -0.05) is 43.9 Å². The molecule has 2 heteroatoms. The van der Waals surface area contributed by atoms with Crippen molar-refractivity contribution in [1.29, 1.82) is 0 Å². The van der Waals surface area contributed by atoms with Crippen molar-refractivity contribution in [2.75, 3.05) is 20.2 Å². The van der Waals surface area contributed by atoms with Gasteiger partial charge in [0.05, 0.1) is 6.61 Å². The average molecular weight is 247 g/mol. The molecule has 1 aromatic carbocycles. The Hall–Kier alpha value is -1.02. The third-order valence-corrected chi connectivity index (χ3v) is 4.03. The zero-order valence-corrected chi connectivity index (χ0v) is 11.4. The van der Waals surface area contributed by atoms with E-state index in [0.717, 1.165) is 30.7 Å². The minimum Gasteiger partial charge on any atom is -0.494 e. The molecule has 0 aromatic heterocycles. The molecule has 100 valence electrons. The molecule has 18 heavy (non-hydrogen) atoms. The van der Waals surface area contributed by atoms with Gasteiger partial charge in [0.25, 0.3) is 0 Å². The Labute approximate surface area is 111 Å². The normalized spacial score (nSPS) is 17.8. The maximum absolute atomic E-state index is 5.81. The molecule has 0 bridgehead atoms. The van der Waals surface area contributed by atoms with E-state index < -0.39 is 0 Å². The third kappa shape index (κ3) is 4.02. The van der Waals surface area contributed by atoms with Gasteiger partial charge in [-0.05, 0) is 44.0 Å². The van der Waals surface area contributed by atoms with Gasteiger partial charge < -0.3 is 10.1 Å². The molecule has 1 fully saturated rings. The van der Waals surface area contributed by atoms with Gasteiger partial charge in [-0.2, -0.15) is 0 Å². The Morgan fingerprint density at radius 2 is 1.94 bits per heavy atom. The summed E-state index contributed by atoms with van der Waals surface area (Å²) >= 11 is 0. The van der Waals surface area contributed by atoms with Crippen molar-refractivity contribution in [3.05, 3.63) is 30.3 Å². The van der Waals surface area contributed by atoms with Crippen LogP contribution in [0.4, 0.5) is 0 Å². The highest BCUT2D eigenvalue weighted by Crippen LogP contribution is 2.32. The fraction of sp³-hybridized carbons (Fsp3) is 0.625. The molecule has 0 radical (unpaired) electrons. The molecule has 0 heterocycles. The number of ether oxygens (including phenoxy) is 1. The average Bonchev–Trinajstić information content (AvgIpc) is 2.93. The second kappa shape index (κ2) is 7.42. The molecule has 1 aliphatic carbocycles. The van der Waals surface area contributed by atoms with Crippen molar-refractivity contribution in [3.8, 4) is 5.75 Å². The van der Waals surface area contributed by atoms with Crippen LogP contribution in [0.5, 0.6) is 5.75 Å². The zero-order chi connectivity index (χ0) is 12.6. The number of para-hydroxylation sites is 1. The Balaban J connectivity index is 1.75. The molecule has 2 rings (SSSR count). The summed E-state index contributed by atoms with van der Waals surface area (Å²) in [5, 5.41) is 3.34. The molecule has 1 unspecified atom stereocenters. The van der Waals surface area contributed by atoms with Gasteiger partial charge in [0.2, 0.25) is 0 Å². The van der Waals surface area contributed by atoms with Crippen molar-refractivity contribution in [3.63, 3.8) is 0 Å². The quantitative estimate of drug-likeness (QED) is 0.796. The maximum atomic E-state index is 5.81. The summed E-state index contributed by atoms with van der Waals surface area (Å²) in [4.78, 5) is 0. The third-order valence-electron chi connectivity index (χ3n) is 4.03. The summed E-state index contributed by atoms with van der Waals surface area (Å²) in [5.41, 5.74) is 0. The summed E-state index contributed by atoms with van der Waals surface area (Å²) in [6.07, 6.45) is 6.84. The van der Waals surface area contributed by atoms with Crippen LogP contribution < -0.4 is 10.1 Å². The lowest BCUT2D eigenvalue weighted by atomic mass is 9.88. The van der Waals surface area contributed by atoms with Crippen LogP contribution >= 0.6 is 0 Å². The van der Waals surface area contributed by atoms with Gasteiger partial charge in [-0.3, -0.25) is 0 Å². The van der Waals surface area contributed by atoms with Crippen LogP contribution in [-0.4, -0.2) is 20.2 Å². The number of hydrogen-bond acceptors (Lipinski definition) is 2. The Morgan fingerprint density at radius 1 is 1.22 bits per heavy atom. The van der Waals surface area contributed by atoms with E-state index in [0.29, 0.717) is 0 Å². The first-order valence-electron chi connectivity index (χ1n) is 7.22. The van der Waals surface area contributed by atoms with E-state index in [1.807, 2.05) is 30.3 Å². The molecule has 0 aliphatic heterocycles. The Morgan fingerprint density at radius 3 is 2.61 bits per heavy atom. The van der Waals surface area contributed by atoms with Crippen molar-refractivity contribution in [1.82, 2.24) is 5.32 Å². The maximum Gasteiger partial charge on any atom is 0.119 e. The van der Waals surface area contributed by atoms with Gasteiger partial charge in [0, 0.05) is 0 Å². The summed E-state index contributed by atoms with van der Waals surface area (Å²) in [7, 11) is 2.06. The second-order valence-corrected chi connectivity index (χ2v) is 5.31. The van der Waals surface area contributed by atoms with E-state index in [2.05, 4.69) is 12.4 Å². The molecule has 0 spiro atoms.